The summed E-state index contributed by atoms with van der Waals surface area (Å²) in [4.78, 5) is 4.35. The summed E-state index contributed by atoms with van der Waals surface area (Å²) in [5.41, 5.74) is 0.985. The van der Waals surface area contributed by atoms with E-state index in [2.05, 4.69) is 20.9 Å². The zero-order valence-corrected chi connectivity index (χ0v) is 11.6. The second-order valence-electron chi connectivity index (χ2n) is 3.94. The Kier molecular flexibility index (Phi) is 4.33. The number of hydrogen-bond donors (Lipinski definition) is 1. The summed E-state index contributed by atoms with van der Waals surface area (Å²) >= 11 is 3.38. The molecule has 3 nitrogen and oxygen atoms in total. The zero-order valence-electron chi connectivity index (χ0n) is 10.0. The Bertz CT molecular complexity index is 514. The van der Waals surface area contributed by atoms with Gasteiger partial charge in [-0.15, -0.1) is 0 Å². The molecule has 18 heavy (non-hydrogen) atoms. The second kappa shape index (κ2) is 5.98. The van der Waals surface area contributed by atoms with Crippen LogP contribution in [0.4, 0.5) is 0 Å². The standard InChI is InChI=1S/C14H14BrNO2/c1-10-13(15)7-12(18-10)8-16-14(9-17)11-5-3-2-4-6-11/h2-8,14,17H,9H2,1H3/b16-8+/t14-/m0/s1. The monoisotopic (exact) mass is 307 g/mol. The van der Waals surface area contributed by atoms with E-state index in [1.165, 1.54) is 0 Å². The summed E-state index contributed by atoms with van der Waals surface area (Å²) in [6.45, 7) is 1.85. The normalized spacial score (nSPS) is 13.1. The maximum Gasteiger partial charge on any atom is 0.146 e. The van der Waals surface area contributed by atoms with Gasteiger partial charge in [0, 0.05) is 0 Å². The van der Waals surface area contributed by atoms with E-state index in [0.717, 1.165) is 15.8 Å². The SMILES string of the molecule is Cc1oc(/C=N/[C@@H](CO)c2ccccc2)cc1Br. The highest BCUT2D eigenvalue weighted by molar-refractivity contribution is 9.10. The van der Waals surface area contributed by atoms with Crippen LogP contribution in [0, 0.1) is 6.92 Å². The van der Waals surface area contributed by atoms with Gasteiger partial charge in [0.05, 0.1) is 23.3 Å². The van der Waals surface area contributed by atoms with Crippen molar-refractivity contribution in [1.82, 2.24) is 0 Å². The van der Waals surface area contributed by atoms with Gasteiger partial charge >= 0.3 is 0 Å². The molecule has 2 aromatic rings. The summed E-state index contributed by atoms with van der Waals surface area (Å²) in [5, 5.41) is 9.36. The van der Waals surface area contributed by atoms with Crippen LogP contribution in [0.25, 0.3) is 0 Å². The largest absolute Gasteiger partial charge is 0.459 e. The molecule has 0 fully saturated rings. The van der Waals surface area contributed by atoms with Gasteiger partial charge in [0.1, 0.15) is 11.5 Å². The van der Waals surface area contributed by atoms with Crippen molar-refractivity contribution < 1.29 is 9.52 Å². The smallest absolute Gasteiger partial charge is 0.146 e. The molecule has 0 bridgehead atoms. The molecule has 0 aliphatic carbocycles. The predicted octanol–water partition coefficient (Wildman–Crippen LogP) is 3.50. The summed E-state index contributed by atoms with van der Waals surface area (Å²) in [7, 11) is 0. The van der Waals surface area contributed by atoms with E-state index in [9.17, 15) is 5.11 Å². The van der Waals surface area contributed by atoms with Crippen LogP contribution in [-0.2, 0) is 0 Å². The Morgan fingerprint density at radius 1 is 1.39 bits per heavy atom. The van der Waals surface area contributed by atoms with Gasteiger partial charge in [-0.3, -0.25) is 4.99 Å². The molecule has 2 rings (SSSR count). The lowest BCUT2D eigenvalue weighted by molar-refractivity contribution is 0.269. The van der Waals surface area contributed by atoms with Gasteiger partial charge in [0.2, 0.25) is 0 Å². The average molecular weight is 308 g/mol. The van der Waals surface area contributed by atoms with Crippen molar-refractivity contribution in [2.45, 2.75) is 13.0 Å². The number of furan rings is 1. The molecule has 4 heteroatoms. The van der Waals surface area contributed by atoms with Gasteiger partial charge in [0.15, 0.2) is 0 Å². The van der Waals surface area contributed by atoms with Gasteiger partial charge in [-0.1, -0.05) is 30.3 Å². The number of aliphatic hydroxyl groups is 1. The van der Waals surface area contributed by atoms with Crippen LogP contribution in [0.2, 0.25) is 0 Å². The van der Waals surface area contributed by atoms with Crippen LogP contribution < -0.4 is 0 Å². The quantitative estimate of drug-likeness (QED) is 0.879. The van der Waals surface area contributed by atoms with Crippen molar-refractivity contribution >= 4 is 22.1 Å². The molecule has 0 amide bonds. The fourth-order valence-corrected chi connectivity index (χ4v) is 1.93. The summed E-state index contributed by atoms with van der Waals surface area (Å²) < 4.78 is 6.39. The molecule has 0 aliphatic rings. The minimum atomic E-state index is -0.254. The number of aliphatic hydroxyl groups excluding tert-OH is 1. The van der Waals surface area contributed by atoms with Gasteiger partial charge in [-0.25, -0.2) is 0 Å². The molecular formula is C14H14BrNO2. The molecule has 1 aromatic carbocycles. The molecule has 0 saturated carbocycles. The van der Waals surface area contributed by atoms with Crippen LogP contribution in [0.3, 0.4) is 0 Å². The lowest BCUT2D eigenvalue weighted by Gasteiger charge is -2.08. The summed E-state index contributed by atoms with van der Waals surface area (Å²) in [6, 6.07) is 11.3. The Hall–Kier alpha value is -1.39. The molecule has 0 saturated heterocycles. The lowest BCUT2D eigenvalue weighted by atomic mass is 10.1. The van der Waals surface area contributed by atoms with E-state index in [0.29, 0.717) is 5.76 Å². The highest BCUT2D eigenvalue weighted by atomic mass is 79.9. The third-order valence-corrected chi connectivity index (χ3v) is 3.40. The van der Waals surface area contributed by atoms with Crippen molar-refractivity contribution in [3.05, 3.63) is 58.0 Å². The molecule has 0 unspecified atom stereocenters. The summed E-state index contributed by atoms with van der Waals surface area (Å²) in [6.07, 6.45) is 1.64. The number of rotatable bonds is 4. The van der Waals surface area contributed by atoms with Gasteiger partial charge < -0.3 is 9.52 Å². The van der Waals surface area contributed by atoms with Gasteiger partial charge in [-0.2, -0.15) is 0 Å². The number of hydrogen-bond acceptors (Lipinski definition) is 3. The molecule has 1 atom stereocenters. The van der Waals surface area contributed by atoms with E-state index in [4.69, 9.17) is 4.42 Å². The van der Waals surface area contributed by atoms with E-state index in [-0.39, 0.29) is 12.6 Å². The van der Waals surface area contributed by atoms with Crippen molar-refractivity contribution in [3.63, 3.8) is 0 Å². The van der Waals surface area contributed by atoms with Gasteiger partial charge in [-0.05, 0) is 34.5 Å². The highest BCUT2D eigenvalue weighted by Gasteiger charge is 2.08. The third kappa shape index (κ3) is 3.09. The first-order valence-corrected chi connectivity index (χ1v) is 6.45. The summed E-state index contributed by atoms with van der Waals surface area (Å²) in [5.74, 6) is 1.49. The Balaban J connectivity index is 2.16. The highest BCUT2D eigenvalue weighted by Crippen LogP contribution is 2.20. The number of aryl methyl sites for hydroxylation is 1. The van der Waals surface area contributed by atoms with Crippen molar-refractivity contribution in [2.75, 3.05) is 6.61 Å². The molecule has 0 aliphatic heterocycles. The second-order valence-corrected chi connectivity index (χ2v) is 4.79. The maximum absolute atomic E-state index is 9.36. The topological polar surface area (TPSA) is 45.7 Å². The van der Waals surface area contributed by atoms with Crippen molar-refractivity contribution in [2.24, 2.45) is 4.99 Å². The fourth-order valence-electron chi connectivity index (χ4n) is 1.62. The molecule has 1 N–H and O–H groups in total. The average Bonchev–Trinajstić information content (AvgIpc) is 2.71. The maximum atomic E-state index is 9.36. The van der Waals surface area contributed by atoms with Crippen LogP contribution in [0.5, 0.6) is 0 Å². The van der Waals surface area contributed by atoms with Crippen LogP contribution >= 0.6 is 15.9 Å². The van der Waals surface area contributed by atoms with E-state index < -0.39 is 0 Å². The zero-order chi connectivity index (χ0) is 13.0. The minimum absolute atomic E-state index is 0.0264. The fraction of sp³-hybridized carbons (Fsp3) is 0.214. The number of nitrogens with zero attached hydrogens (tertiary/aromatic N) is 1. The van der Waals surface area contributed by atoms with Crippen molar-refractivity contribution in [1.29, 1.82) is 0 Å². The van der Waals surface area contributed by atoms with Gasteiger partial charge in [0.25, 0.3) is 0 Å². The Morgan fingerprint density at radius 2 is 2.11 bits per heavy atom. The minimum Gasteiger partial charge on any atom is -0.459 e. The molecule has 1 heterocycles. The van der Waals surface area contributed by atoms with Crippen LogP contribution in [-0.4, -0.2) is 17.9 Å². The molecule has 94 valence electrons. The van der Waals surface area contributed by atoms with E-state index >= 15 is 0 Å². The number of aliphatic imine (C=N–C) groups is 1. The predicted molar refractivity (Wildman–Crippen MR) is 75.0 cm³/mol. The van der Waals surface area contributed by atoms with E-state index in [1.54, 1.807) is 6.21 Å². The molecule has 0 radical (unpaired) electrons. The molecule has 1 aromatic heterocycles. The first kappa shape index (κ1) is 13.1. The first-order valence-electron chi connectivity index (χ1n) is 5.65. The molecule has 0 spiro atoms. The number of benzene rings is 1. The van der Waals surface area contributed by atoms with Crippen molar-refractivity contribution in [3.8, 4) is 0 Å². The lowest BCUT2D eigenvalue weighted by Crippen LogP contribution is -2.01. The van der Waals surface area contributed by atoms with E-state index in [1.807, 2.05) is 43.3 Å². The molecular weight excluding hydrogens is 294 g/mol. The van der Waals surface area contributed by atoms with Crippen LogP contribution in [0.15, 0.2) is 50.3 Å². The Morgan fingerprint density at radius 3 is 2.67 bits per heavy atom. The number of halogens is 1. The first-order chi connectivity index (χ1) is 8.70. The third-order valence-electron chi connectivity index (χ3n) is 2.62. The Labute approximate surface area is 114 Å². The van der Waals surface area contributed by atoms with Crippen LogP contribution in [0.1, 0.15) is 23.1 Å².